The Balaban J connectivity index is 1.35. The average Bonchev–Trinajstić information content (AvgIpc) is 3.13. The van der Waals surface area contributed by atoms with Gasteiger partial charge in [0.15, 0.2) is 11.0 Å². The van der Waals surface area contributed by atoms with Crippen molar-refractivity contribution in [1.29, 1.82) is 0 Å². The predicted molar refractivity (Wildman–Crippen MR) is 127 cm³/mol. The molecule has 31 heavy (non-hydrogen) atoms. The van der Waals surface area contributed by atoms with E-state index in [1.807, 2.05) is 12.1 Å². The van der Waals surface area contributed by atoms with Crippen molar-refractivity contribution in [2.24, 2.45) is 10.7 Å². The highest BCUT2D eigenvalue weighted by atomic mass is 32.2. The molecule has 0 aliphatic carbocycles. The minimum Gasteiger partial charge on any atom is -0.369 e. The van der Waals surface area contributed by atoms with Crippen LogP contribution in [0.5, 0.6) is 0 Å². The van der Waals surface area contributed by atoms with Crippen molar-refractivity contribution in [3.8, 4) is 0 Å². The summed E-state index contributed by atoms with van der Waals surface area (Å²) in [6, 6.07) is 14.5. The lowest BCUT2D eigenvalue weighted by Gasteiger charge is -2.38. The lowest BCUT2D eigenvalue weighted by Crippen LogP contribution is -2.48. The van der Waals surface area contributed by atoms with Gasteiger partial charge in [0, 0.05) is 49.2 Å². The molecule has 0 spiro atoms. The second-order valence-corrected chi connectivity index (χ2v) is 9.26. The van der Waals surface area contributed by atoms with Crippen molar-refractivity contribution in [3.05, 3.63) is 59.9 Å². The second-order valence-electron chi connectivity index (χ2n) is 8.13. The van der Waals surface area contributed by atoms with Gasteiger partial charge in [0.25, 0.3) is 0 Å². The van der Waals surface area contributed by atoms with E-state index >= 15 is 0 Å². The lowest BCUT2D eigenvalue weighted by atomic mass is 10.1. The van der Waals surface area contributed by atoms with Crippen LogP contribution < -0.4 is 16.0 Å². The molecular formula is C23H28FN5OS. The number of amidine groups is 1. The normalized spacial score (nSPS) is 22.0. The van der Waals surface area contributed by atoms with Gasteiger partial charge in [0.05, 0.1) is 0 Å². The molecule has 0 bridgehead atoms. The van der Waals surface area contributed by atoms with Crippen LogP contribution in [0.2, 0.25) is 0 Å². The summed E-state index contributed by atoms with van der Waals surface area (Å²) in [7, 11) is 0. The number of anilines is 2. The fourth-order valence-electron chi connectivity index (χ4n) is 3.88. The maximum absolute atomic E-state index is 13.5. The number of halogens is 1. The van der Waals surface area contributed by atoms with Crippen molar-refractivity contribution in [2.45, 2.75) is 31.3 Å². The molecule has 164 valence electrons. The van der Waals surface area contributed by atoms with Gasteiger partial charge in [-0.2, -0.15) is 0 Å². The van der Waals surface area contributed by atoms with Gasteiger partial charge >= 0.3 is 0 Å². The fourth-order valence-corrected chi connectivity index (χ4v) is 4.92. The lowest BCUT2D eigenvalue weighted by molar-refractivity contribution is 0.0983. The zero-order chi connectivity index (χ0) is 22.0. The summed E-state index contributed by atoms with van der Waals surface area (Å²) in [5, 5.41) is 3.28. The molecular weight excluding hydrogens is 413 g/mol. The van der Waals surface area contributed by atoms with Crippen LogP contribution in [-0.4, -0.2) is 59.5 Å². The largest absolute Gasteiger partial charge is 0.369 e. The Labute approximate surface area is 186 Å². The molecule has 2 aliphatic heterocycles. The summed E-state index contributed by atoms with van der Waals surface area (Å²) in [6.07, 6.45) is -0.667. The Kier molecular flexibility index (Phi) is 6.60. The van der Waals surface area contributed by atoms with Crippen LogP contribution in [0.15, 0.2) is 53.5 Å². The molecule has 6 nitrogen and oxygen atoms in total. The molecule has 1 fully saturated rings. The molecule has 1 saturated heterocycles. The smallest absolute Gasteiger partial charge is 0.179 e. The van der Waals surface area contributed by atoms with Crippen LogP contribution in [0.1, 0.15) is 24.2 Å². The van der Waals surface area contributed by atoms with Crippen LogP contribution in [0, 0.1) is 5.82 Å². The molecule has 2 heterocycles. The van der Waals surface area contributed by atoms with Gasteiger partial charge in [0.1, 0.15) is 17.2 Å². The number of benzene rings is 2. The Bertz CT molecular complexity index is 957. The third-order valence-corrected chi connectivity index (χ3v) is 6.89. The zero-order valence-corrected chi connectivity index (χ0v) is 18.6. The van der Waals surface area contributed by atoms with Gasteiger partial charge in [-0.05, 0) is 50.2 Å². The Morgan fingerprint density at radius 2 is 1.87 bits per heavy atom. The number of rotatable bonds is 5. The number of nitrogens with one attached hydrogen (secondary N) is 1. The van der Waals surface area contributed by atoms with Crippen LogP contribution in [-0.2, 0) is 0 Å². The molecule has 8 heteroatoms. The minimum absolute atomic E-state index is 0.214. The summed E-state index contributed by atoms with van der Waals surface area (Å²) in [4.78, 5) is 22.0. The maximum atomic E-state index is 13.5. The van der Waals surface area contributed by atoms with Gasteiger partial charge in [-0.3, -0.25) is 9.69 Å². The first-order valence-electron chi connectivity index (χ1n) is 10.6. The molecule has 2 aliphatic rings. The number of hydrogen-bond acceptors (Lipinski definition) is 7. The molecule has 2 aromatic carbocycles. The molecule has 0 amide bonds. The highest BCUT2D eigenvalue weighted by molar-refractivity contribution is 8.15. The molecule has 2 atom stereocenters. The van der Waals surface area contributed by atoms with Crippen molar-refractivity contribution < 1.29 is 9.18 Å². The number of piperazine rings is 1. The molecule has 0 saturated carbocycles. The van der Waals surface area contributed by atoms with Crippen molar-refractivity contribution in [1.82, 2.24) is 4.90 Å². The number of carbonyl (C=O) groups is 1. The molecule has 3 N–H and O–H groups in total. The minimum atomic E-state index is -0.667. The summed E-state index contributed by atoms with van der Waals surface area (Å²) in [6.45, 7) is 8.66. The van der Waals surface area contributed by atoms with Crippen molar-refractivity contribution in [2.75, 3.05) is 36.4 Å². The third-order valence-electron chi connectivity index (χ3n) is 5.71. The van der Waals surface area contributed by atoms with Crippen LogP contribution in [0.3, 0.4) is 0 Å². The summed E-state index contributed by atoms with van der Waals surface area (Å²) in [5.74, 6) is -0.652. The van der Waals surface area contributed by atoms with E-state index in [2.05, 4.69) is 46.1 Å². The van der Waals surface area contributed by atoms with E-state index in [1.165, 1.54) is 35.6 Å². The van der Waals surface area contributed by atoms with Gasteiger partial charge in [0.2, 0.25) is 0 Å². The summed E-state index contributed by atoms with van der Waals surface area (Å²) < 4.78 is 13.5. The third kappa shape index (κ3) is 5.08. The second kappa shape index (κ2) is 9.38. The van der Waals surface area contributed by atoms with Crippen molar-refractivity contribution >= 4 is 34.1 Å². The number of nitrogens with two attached hydrogens (primary N) is 1. The molecule has 4 rings (SSSR count). The molecule has 2 unspecified atom stereocenters. The van der Waals surface area contributed by atoms with Crippen LogP contribution >= 0.6 is 11.8 Å². The van der Waals surface area contributed by atoms with E-state index in [0.29, 0.717) is 16.8 Å². The summed E-state index contributed by atoms with van der Waals surface area (Å²) in [5.41, 5.74) is 8.48. The quantitative estimate of drug-likeness (QED) is 0.693. The first kappa shape index (κ1) is 21.8. The van der Waals surface area contributed by atoms with E-state index in [1.54, 1.807) is 6.07 Å². The Hall–Kier alpha value is -2.42. The van der Waals surface area contributed by atoms with Gasteiger partial charge in [-0.25, -0.2) is 9.38 Å². The van der Waals surface area contributed by atoms with Gasteiger partial charge in [-0.15, -0.1) is 0 Å². The monoisotopic (exact) mass is 441 g/mol. The molecule has 0 aromatic heterocycles. The average molecular weight is 442 g/mol. The van der Waals surface area contributed by atoms with Gasteiger partial charge < -0.3 is 16.0 Å². The van der Waals surface area contributed by atoms with Gasteiger partial charge in [-0.1, -0.05) is 23.9 Å². The number of thioether (sulfide) groups is 1. The number of hydrogen-bond donors (Lipinski definition) is 2. The van der Waals surface area contributed by atoms with E-state index in [0.717, 1.165) is 31.9 Å². The van der Waals surface area contributed by atoms with Crippen LogP contribution in [0.25, 0.3) is 0 Å². The molecule has 0 radical (unpaired) electrons. The zero-order valence-electron chi connectivity index (χ0n) is 17.8. The predicted octanol–water partition coefficient (Wildman–Crippen LogP) is 3.41. The maximum Gasteiger partial charge on any atom is 0.179 e. The fraction of sp³-hybridized carbons (Fsp3) is 0.391. The topological polar surface area (TPSA) is 74.0 Å². The number of ketones is 1. The van der Waals surface area contributed by atoms with E-state index < -0.39 is 17.2 Å². The van der Waals surface area contributed by atoms with Crippen molar-refractivity contribution in [3.63, 3.8) is 0 Å². The number of Topliss-reactive ketones (excluding diaryl/α,β-unsaturated/α-hetero) is 1. The first-order valence-corrected chi connectivity index (χ1v) is 11.4. The highest BCUT2D eigenvalue weighted by Gasteiger charge is 2.34. The van der Waals surface area contributed by atoms with E-state index in [4.69, 9.17) is 5.73 Å². The number of carbonyl (C=O) groups excluding carboxylic acids is 1. The van der Waals surface area contributed by atoms with E-state index in [-0.39, 0.29) is 5.78 Å². The standard InChI is InChI=1S/C23H28FN5OS/c1-15(2)28-10-12-29(13-11-28)19-8-6-18(7-9-19)26-23-27-22(25)21(31-23)20(30)16-4-3-5-17(24)14-16/h3-9,14-15,21-22H,10-13,25H2,1-2H3,(H,26,27). The SMILES string of the molecule is CC(C)N1CCN(c2ccc(NC3=NC(N)C(C(=O)c4cccc(F)c4)S3)cc2)CC1. The molecule has 2 aromatic rings. The Morgan fingerprint density at radius 3 is 2.52 bits per heavy atom. The summed E-state index contributed by atoms with van der Waals surface area (Å²) >= 11 is 1.28. The Morgan fingerprint density at radius 1 is 1.16 bits per heavy atom. The van der Waals surface area contributed by atoms with Crippen LogP contribution in [0.4, 0.5) is 15.8 Å². The number of nitrogens with zero attached hydrogens (tertiary/aromatic N) is 3. The first-order chi connectivity index (χ1) is 14.9. The number of aliphatic imine (C=N–C) groups is 1. The van der Waals surface area contributed by atoms with E-state index in [9.17, 15) is 9.18 Å². The highest BCUT2D eigenvalue weighted by Crippen LogP contribution is 2.29.